The van der Waals surface area contributed by atoms with Gasteiger partial charge in [0.2, 0.25) is 15.9 Å². The Kier molecular flexibility index (Phi) is 5.88. The van der Waals surface area contributed by atoms with Crippen molar-refractivity contribution in [2.24, 2.45) is 0 Å². The van der Waals surface area contributed by atoms with Crippen LogP contribution in [0.15, 0.2) is 24.3 Å². The lowest BCUT2D eigenvalue weighted by molar-refractivity contribution is -0.132. The van der Waals surface area contributed by atoms with Crippen molar-refractivity contribution in [3.8, 4) is 0 Å². The Bertz CT molecular complexity index is 803. The SMILES string of the molecule is CCOC(=O)N1CCN(C(=O)CCS(=O)(=O)N2CCc3ccccc32)CC1. The third-order valence-electron chi connectivity index (χ3n) is 4.91. The molecule has 0 N–H and O–H groups in total. The van der Waals surface area contributed by atoms with E-state index in [9.17, 15) is 18.0 Å². The molecule has 0 aliphatic carbocycles. The molecule has 0 radical (unpaired) electrons. The average Bonchev–Trinajstić information content (AvgIpc) is 3.11. The number of ether oxygens (including phenoxy) is 1. The van der Waals surface area contributed by atoms with Crippen molar-refractivity contribution in [3.05, 3.63) is 29.8 Å². The molecule has 8 nitrogen and oxygen atoms in total. The van der Waals surface area contributed by atoms with Gasteiger partial charge in [-0.25, -0.2) is 13.2 Å². The highest BCUT2D eigenvalue weighted by Crippen LogP contribution is 2.30. The average molecular weight is 395 g/mol. The number of amides is 2. The maximum Gasteiger partial charge on any atom is 0.409 e. The second kappa shape index (κ2) is 8.16. The Labute approximate surface area is 159 Å². The molecular formula is C18H25N3O5S. The number of sulfonamides is 1. The first-order chi connectivity index (χ1) is 12.9. The number of carbonyl (C=O) groups is 2. The number of carbonyl (C=O) groups excluding carboxylic acids is 2. The summed E-state index contributed by atoms with van der Waals surface area (Å²) in [5.41, 5.74) is 1.73. The molecule has 2 aliphatic heterocycles. The van der Waals surface area contributed by atoms with Gasteiger partial charge in [0, 0.05) is 39.1 Å². The van der Waals surface area contributed by atoms with Gasteiger partial charge in [0.1, 0.15) is 0 Å². The minimum atomic E-state index is -3.54. The van der Waals surface area contributed by atoms with Crippen LogP contribution in [-0.4, -0.2) is 75.3 Å². The van der Waals surface area contributed by atoms with Gasteiger partial charge in [-0.1, -0.05) is 18.2 Å². The number of fused-ring (bicyclic) bond motifs is 1. The number of hydrogen-bond acceptors (Lipinski definition) is 5. The van der Waals surface area contributed by atoms with Gasteiger partial charge >= 0.3 is 6.09 Å². The van der Waals surface area contributed by atoms with E-state index in [1.54, 1.807) is 22.8 Å². The molecule has 0 aromatic heterocycles. The molecule has 2 heterocycles. The number of para-hydroxylation sites is 1. The Morgan fingerprint density at radius 2 is 1.70 bits per heavy atom. The number of hydrogen-bond donors (Lipinski definition) is 0. The van der Waals surface area contributed by atoms with Gasteiger partial charge in [0.15, 0.2) is 0 Å². The molecule has 2 amide bonds. The van der Waals surface area contributed by atoms with Gasteiger partial charge in [-0.15, -0.1) is 0 Å². The highest BCUT2D eigenvalue weighted by molar-refractivity contribution is 7.92. The molecule has 148 valence electrons. The fraction of sp³-hybridized carbons (Fsp3) is 0.556. The zero-order valence-electron chi connectivity index (χ0n) is 15.5. The van der Waals surface area contributed by atoms with Crippen LogP contribution in [0.25, 0.3) is 0 Å². The third kappa shape index (κ3) is 4.35. The molecule has 2 aliphatic rings. The van der Waals surface area contributed by atoms with Crippen LogP contribution in [0, 0.1) is 0 Å². The number of piperazine rings is 1. The molecule has 1 aromatic carbocycles. The van der Waals surface area contributed by atoms with E-state index in [4.69, 9.17) is 4.74 Å². The van der Waals surface area contributed by atoms with Crippen molar-refractivity contribution in [3.63, 3.8) is 0 Å². The summed E-state index contributed by atoms with van der Waals surface area (Å²) in [6, 6.07) is 7.45. The van der Waals surface area contributed by atoms with Gasteiger partial charge in [-0.05, 0) is 25.0 Å². The van der Waals surface area contributed by atoms with E-state index in [0.717, 1.165) is 5.56 Å². The van der Waals surface area contributed by atoms with E-state index in [1.165, 1.54) is 4.31 Å². The van der Waals surface area contributed by atoms with Crippen molar-refractivity contribution in [2.75, 3.05) is 49.4 Å². The molecule has 0 saturated carbocycles. The first-order valence-corrected chi connectivity index (χ1v) is 10.8. The Balaban J connectivity index is 1.52. The standard InChI is InChI=1S/C18H25N3O5S/c1-2-26-18(23)20-12-10-19(11-13-20)17(22)8-14-27(24,25)21-9-7-15-5-3-4-6-16(15)21/h3-6H,2,7-14H2,1H3. The predicted octanol–water partition coefficient (Wildman–Crippen LogP) is 1.07. The van der Waals surface area contributed by atoms with E-state index >= 15 is 0 Å². The van der Waals surface area contributed by atoms with E-state index in [2.05, 4.69) is 0 Å². The maximum atomic E-state index is 12.7. The summed E-state index contributed by atoms with van der Waals surface area (Å²) in [5, 5.41) is 0. The first-order valence-electron chi connectivity index (χ1n) is 9.20. The Morgan fingerprint density at radius 3 is 2.41 bits per heavy atom. The molecule has 1 aromatic rings. The minimum absolute atomic E-state index is 0.0552. The van der Waals surface area contributed by atoms with E-state index < -0.39 is 10.0 Å². The van der Waals surface area contributed by atoms with Gasteiger partial charge in [0.05, 0.1) is 18.0 Å². The third-order valence-corrected chi connectivity index (χ3v) is 6.68. The lowest BCUT2D eigenvalue weighted by Crippen LogP contribution is -2.51. The molecule has 0 atom stereocenters. The van der Waals surface area contributed by atoms with Crippen molar-refractivity contribution in [2.45, 2.75) is 19.8 Å². The highest BCUT2D eigenvalue weighted by Gasteiger charge is 2.31. The number of rotatable bonds is 5. The van der Waals surface area contributed by atoms with Crippen LogP contribution in [-0.2, 0) is 26.0 Å². The largest absolute Gasteiger partial charge is 0.450 e. The predicted molar refractivity (Wildman–Crippen MR) is 101 cm³/mol. The second-order valence-corrected chi connectivity index (χ2v) is 8.60. The van der Waals surface area contributed by atoms with Crippen LogP contribution >= 0.6 is 0 Å². The molecule has 9 heteroatoms. The number of nitrogens with zero attached hydrogens (tertiary/aromatic N) is 3. The summed E-state index contributed by atoms with van der Waals surface area (Å²) in [5.74, 6) is -0.410. The first kappa shape index (κ1) is 19.5. The number of benzene rings is 1. The van der Waals surface area contributed by atoms with Crippen molar-refractivity contribution >= 4 is 27.7 Å². The zero-order valence-corrected chi connectivity index (χ0v) is 16.3. The Hall–Kier alpha value is -2.29. The van der Waals surface area contributed by atoms with Crippen molar-refractivity contribution < 1.29 is 22.7 Å². The van der Waals surface area contributed by atoms with Crippen LogP contribution in [0.5, 0.6) is 0 Å². The fourth-order valence-electron chi connectivity index (χ4n) is 3.43. The molecule has 1 saturated heterocycles. The maximum absolute atomic E-state index is 12.7. The smallest absolute Gasteiger partial charge is 0.409 e. The zero-order chi connectivity index (χ0) is 19.4. The normalized spacial score (nSPS) is 17.0. The van der Waals surface area contributed by atoms with Crippen LogP contribution in [0.2, 0.25) is 0 Å². The summed E-state index contributed by atoms with van der Waals surface area (Å²) in [6.07, 6.45) is 0.263. The van der Waals surface area contributed by atoms with Crippen LogP contribution in [0.3, 0.4) is 0 Å². The lowest BCUT2D eigenvalue weighted by atomic mass is 10.2. The summed E-state index contributed by atoms with van der Waals surface area (Å²) < 4.78 is 31.7. The topological polar surface area (TPSA) is 87.2 Å². The molecule has 27 heavy (non-hydrogen) atoms. The van der Waals surface area contributed by atoms with Gasteiger partial charge in [-0.2, -0.15) is 0 Å². The monoisotopic (exact) mass is 395 g/mol. The van der Waals surface area contributed by atoms with Crippen molar-refractivity contribution in [1.82, 2.24) is 9.80 Å². The molecule has 3 rings (SSSR count). The van der Waals surface area contributed by atoms with Crippen LogP contribution in [0.1, 0.15) is 18.9 Å². The summed E-state index contributed by atoms with van der Waals surface area (Å²) in [7, 11) is -3.54. The molecule has 1 fully saturated rings. The van der Waals surface area contributed by atoms with E-state index in [0.29, 0.717) is 51.4 Å². The van der Waals surface area contributed by atoms with Gasteiger partial charge in [-0.3, -0.25) is 9.10 Å². The summed E-state index contributed by atoms with van der Waals surface area (Å²) >= 11 is 0. The molecule has 0 bridgehead atoms. The van der Waals surface area contributed by atoms with Gasteiger partial charge in [0.25, 0.3) is 0 Å². The molecule has 0 spiro atoms. The van der Waals surface area contributed by atoms with E-state index in [-0.39, 0.29) is 24.2 Å². The highest BCUT2D eigenvalue weighted by atomic mass is 32.2. The lowest BCUT2D eigenvalue weighted by Gasteiger charge is -2.34. The molecule has 0 unspecified atom stereocenters. The molecular weight excluding hydrogens is 370 g/mol. The van der Waals surface area contributed by atoms with Crippen LogP contribution < -0.4 is 4.31 Å². The number of anilines is 1. The minimum Gasteiger partial charge on any atom is -0.450 e. The van der Waals surface area contributed by atoms with Crippen molar-refractivity contribution in [1.29, 1.82) is 0 Å². The van der Waals surface area contributed by atoms with Gasteiger partial charge < -0.3 is 14.5 Å². The quantitative estimate of drug-likeness (QED) is 0.744. The summed E-state index contributed by atoms with van der Waals surface area (Å²) in [6.45, 7) is 4.07. The van der Waals surface area contributed by atoms with Crippen LogP contribution in [0.4, 0.5) is 10.5 Å². The second-order valence-electron chi connectivity index (χ2n) is 6.58. The fourth-order valence-corrected chi connectivity index (χ4v) is 4.93. The summed E-state index contributed by atoms with van der Waals surface area (Å²) in [4.78, 5) is 27.3. The Morgan fingerprint density at radius 1 is 1.04 bits per heavy atom. The van der Waals surface area contributed by atoms with E-state index in [1.807, 2.05) is 18.2 Å².